The molecule has 39 valence electrons. The van der Waals surface area contributed by atoms with Gasteiger partial charge in [-0.15, -0.1) is 0 Å². The van der Waals surface area contributed by atoms with Gasteiger partial charge in [0.15, 0.2) is 6.23 Å². The summed E-state index contributed by atoms with van der Waals surface area (Å²) < 4.78 is 4.77. The Balaban J connectivity index is 2.26. The lowest BCUT2D eigenvalue weighted by Gasteiger charge is -1.93. The van der Waals surface area contributed by atoms with Gasteiger partial charge in [-0.1, -0.05) is 0 Å². The van der Waals surface area contributed by atoms with E-state index >= 15 is 0 Å². The maximum Gasteiger partial charge on any atom is 0.246 e. The van der Waals surface area contributed by atoms with Gasteiger partial charge in [0.25, 0.3) is 0 Å². The maximum absolute atomic E-state index is 9.69. The van der Waals surface area contributed by atoms with Crippen LogP contribution in [-0.4, -0.2) is 25.7 Å². The predicted molar refractivity (Wildman–Crippen MR) is 23.4 cm³/mol. The Hall–Kier alpha value is -0.410. The van der Waals surface area contributed by atoms with Crippen molar-refractivity contribution in [1.29, 1.82) is 0 Å². The zero-order valence-corrected chi connectivity index (χ0v) is 3.81. The molecule has 1 rings (SSSR count). The molecule has 1 atom stereocenters. The average molecular weight is 100 g/mol. The second-order valence-corrected chi connectivity index (χ2v) is 1.32. The van der Waals surface area contributed by atoms with Crippen LogP contribution in [0.25, 0.3) is 0 Å². The van der Waals surface area contributed by atoms with Crippen molar-refractivity contribution in [3.63, 3.8) is 0 Å². The van der Waals surface area contributed by atoms with Crippen molar-refractivity contribution in [2.75, 3.05) is 13.2 Å². The third kappa shape index (κ3) is 0.976. The van der Waals surface area contributed by atoms with Crippen LogP contribution in [0.2, 0.25) is 0 Å². The molecule has 3 nitrogen and oxygen atoms in total. The highest BCUT2D eigenvalue weighted by Crippen LogP contribution is 1.88. The molecule has 1 heterocycles. The van der Waals surface area contributed by atoms with Gasteiger partial charge in [-0.3, -0.25) is 10.1 Å². The van der Waals surface area contributed by atoms with Crippen LogP contribution in [0.4, 0.5) is 0 Å². The van der Waals surface area contributed by atoms with Gasteiger partial charge < -0.3 is 4.74 Å². The summed E-state index contributed by atoms with van der Waals surface area (Å²) in [7, 11) is 0. The van der Waals surface area contributed by atoms with E-state index in [4.69, 9.17) is 4.74 Å². The Morgan fingerprint density at radius 1 is 1.86 bits per heavy atom. The first-order chi connectivity index (χ1) is 3.43. The van der Waals surface area contributed by atoms with Crippen molar-refractivity contribution < 1.29 is 9.53 Å². The van der Waals surface area contributed by atoms with E-state index in [0.717, 1.165) is 6.54 Å². The first-order valence-electron chi connectivity index (χ1n) is 2.16. The van der Waals surface area contributed by atoms with Crippen molar-refractivity contribution in [1.82, 2.24) is 5.32 Å². The number of rotatable bonds is 1. The lowest BCUT2D eigenvalue weighted by atomic mass is 10.6. The van der Waals surface area contributed by atoms with Crippen LogP contribution in [0, 0.1) is 0 Å². The van der Waals surface area contributed by atoms with Crippen LogP contribution in [0.3, 0.4) is 0 Å². The molecule has 0 saturated carbocycles. The number of ether oxygens (including phenoxy) is 1. The van der Waals surface area contributed by atoms with Crippen molar-refractivity contribution >= 4 is 6.29 Å². The van der Waals surface area contributed by atoms with Gasteiger partial charge in [0, 0.05) is 6.54 Å². The van der Waals surface area contributed by atoms with Crippen LogP contribution >= 0.6 is 0 Å². The molecule has 0 amide bonds. The molecule has 3 heteroatoms. The summed E-state index contributed by atoms with van der Waals surface area (Å²) >= 11 is 0. The number of nitrogens with one attached hydrogen (secondary N) is 1. The highest BCUT2D eigenvalue weighted by molar-refractivity contribution is 5.56. The Morgan fingerprint density at radius 3 is 3.00 bits per heavy atom. The molecule has 1 unspecified atom stereocenters. The fourth-order valence-corrected chi connectivity index (χ4v) is 0.501. The summed E-state index contributed by atoms with van der Waals surface area (Å²) in [5, 5.41) is 2.76. The zero-order valence-electron chi connectivity index (χ0n) is 3.81. The molecular formula is C4H6NO2. The van der Waals surface area contributed by atoms with Gasteiger partial charge in [-0.05, 0) is 0 Å². The van der Waals surface area contributed by atoms with Crippen LogP contribution in [0.15, 0.2) is 0 Å². The molecule has 0 spiro atoms. The number of hydrogen-bond donors (Lipinski definition) is 1. The summed E-state index contributed by atoms with van der Waals surface area (Å²) in [6.45, 7) is 1.39. The minimum atomic E-state index is -0.458. The molecule has 7 heavy (non-hydrogen) atoms. The zero-order chi connectivity index (χ0) is 5.11. The molecule has 1 saturated heterocycles. The Morgan fingerprint density at radius 2 is 2.71 bits per heavy atom. The molecular weight excluding hydrogens is 94.0 g/mol. The van der Waals surface area contributed by atoms with E-state index in [2.05, 4.69) is 5.32 Å². The van der Waals surface area contributed by atoms with E-state index in [1.807, 2.05) is 0 Å². The minimum absolute atomic E-state index is 0.458. The predicted octanol–water partition coefficient (Wildman–Crippen LogP) is -0.958. The fourth-order valence-electron chi connectivity index (χ4n) is 0.501. The van der Waals surface area contributed by atoms with Gasteiger partial charge in [-0.2, -0.15) is 0 Å². The minimum Gasteiger partial charge on any atom is -0.354 e. The molecule has 1 fully saturated rings. The van der Waals surface area contributed by atoms with E-state index in [0.29, 0.717) is 6.61 Å². The second kappa shape index (κ2) is 2.04. The third-order valence-electron chi connectivity index (χ3n) is 0.823. The summed E-state index contributed by atoms with van der Waals surface area (Å²) in [5.41, 5.74) is 0. The Labute approximate surface area is 41.7 Å². The van der Waals surface area contributed by atoms with Gasteiger partial charge in [0.2, 0.25) is 6.29 Å². The SMILES string of the molecule is O=[C]C1NCCO1. The van der Waals surface area contributed by atoms with Crippen molar-refractivity contribution in [2.45, 2.75) is 6.23 Å². The highest BCUT2D eigenvalue weighted by atomic mass is 16.5. The second-order valence-electron chi connectivity index (χ2n) is 1.32. The highest BCUT2D eigenvalue weighted by Gasteiger charge is 2.12. The van der Waals surface area contributed by atoms with Gasteiger partial charge >= 0.3 is 0 Å². The van der Waals surface area contributed by atoms with Crippen molar-refractivity contribution in [3.8, 4) is 0 Å². The van der Waals surface area contributed by atoms with Crippen molar-refractivity contribution in [3.05, 3.63) is 0 Å². The van der Waals surface area contributed by atoms with E-state index in [9.17, 15) is 4.79 Å². The summed E-state index contributed by atoms with van der Waals surface area (Å²) in [6.07, 6.45) is 1.22. The molecule has 0 aromatic carbocycles. The maximum atomic E-state index is 9.69. The summed E-state index contributed by atoms with van der Waals surface area (Å²) in [4.78, 5) is 9.69. The van der Waals surface area contributed by atoms with Crippen LogP contribution < -0.4 is 5.32 Å². The lowest BCUT2D eigenvalue weighted by Crippen LogP contribution is -2.23. The molecule has 1 aliphatic rings. The number of hydrogen-bond acceptors (Lipinski definition) is 3. The standard InChI is InChI=1S/C4H6NO2/c6-3-4-5-1-2-7-4/h4-5H,1-2H2. The molecule has 0 aromatic heterocycles. The topological polar surface area (TPSA) is 38.3 Å². The average Bonchev–Trinajstić information content (AvgIpc) is 2.14. The fraction of sp³-hybridized carbons (Fsp3) is 0.750. The van der Waals surface area contributed by atoms with E-state index in [1.54, 1.807) is 6.29 Å². The first-order valence-corrected chi connectivity index (χ1v) is 2.16. The van der Waals surface area contributed by atoms with Gasteiger partial charge in [0.05, 0.1) is 6.61 Å². The molecule has 0 aromatic rings. The first kappa shape index (κ1) is 4.74. The van der Waals surface area contributed by atoms with E-state index < -0.39 is 6.23 Å². The largest absolute Gasteiger partial charge is 0.354 e. The molecule has 1 aliphatic heterocycles. The summed E-state index contributed by atoms with van der Waals surface area (Å²) in [5.74, 6) is 0. The molecule has 0 bridgehead atoms. The van der Waals surface area contributed by atoms with Crippen LogP contribution in [0.5, 0.6) is 0 Å². The molecule has 1 radical (unpaired) electrons. The molecule has 1 N–H and O–H groups in total. The van der Waals surface area contributed by atoms with Gasteiger partial charge in [-0.25, -0.2) is 0 Å². The Bertz CT molecular complexity index is 68.1. The van der Waals surface area contributed by atoms with Crippen molar-refractivity contribution in [2.24, 2.45) is 0 Å². The van der Waals surface area contributed by atoms with Crippen LogP contribution in [-0.2, 0) is 9.53 Å². The summed E-state index contributed by atoms with van der Waals surface area (Å²) in [6, 6.07) is 0. The monoisotopic (exact) mass is 100 g/mol. The number of carbonyl (C=O) groups excluding carboxylic acids is 1. The molecule has 0 aliphatic carbocycles. The van der Waals surface area contributed by atoms with E-state index in [-0.39, 0.29) is 0 Å². The van der Waals surface area contributed by atoms with Crippen LogP contribution in [0.1, 0.15) is 0 Å². The van der Waals surface area contributed by atoms with E-state index in [1.165, 1.54) is 0 Å². The Kier molecular flexibility index (Phi) is 1.38. The quantitative estimate of drug-likeness (QED) is 0.461. The normalized spacial score (nSPS) is 30.6. The lowest BCUT2D eigenvalue weighted by molar-refractivity contribution is 0.148. The van der Waals surface area contributed by atoms with Gasteiger partial charge in [0.1, 0.15) is 0 Å². The smallest absolute Gasteiger partial charge is 0.246 e. The third-order valence-corrected chi connectivity index (χ3v) is 0.823.